The molecule has 0 bridgehead atoms. The molecule has 1 unspecified atom stereocenters. The molecular weight excluding hydrogens is 264 g/mol. The number of hydrogen-bond donors (Lipinski definition) is 1. The van der Waals surface area contributed by atoms with Crippen molar-refractivity contribution >= 4 is 0 Å². The van der Waals surface area contributed by atoms with Crippen LogP contribution in [0.1, 0.15) is 26.3 Å². The number of rotatable bonds is 9. The summed E-state index contributed by atoms with van der Waals surface area (Å²) in [7, 11) is 0. The first-order chi connectivity index (χ1) is 9.54. The van der Waals surface area contributed by atoms with Crippen LogP contribution in [0, 0.1) is 5.92 Å². The number of para-hydroxylation sites is 1. The Morgan fingerprint density at radius 3 is 2.50 bits per heavy atom. The maximum absolute atomic E-state index is 12.3. The van der Waals surface area contributed by atoms with Crippen molar-refractivity contribution in [2.24, 2.45) is 5.92 Å². The first-order valence-corrected chi connectivity index (χ1v) is 6.88. The van der Waals surface area contributed by atoms with Crippen molar-refractivity contribution in [3.8, 4) is 5.75 Å². The molecule has 5 heteroatoms. The average Bonchev–Trinajstić information content (AvgIpc) is 2.39. The molecule has 1 aromatic rings. The Bertz CT molecular complexity index is 386. The second kappa shape index (κ2) is 8.87. The molecule has 0 fully saturated rings. The number of ether oxygens (including phenoxy) is 2. The van der Waals surface area contributed by atoms with Crippen molar-refractivity contribution in [1.29, 1.82) is 0 Å². The van der Waals surface area contributed by atoms with Crippen molar-refractivity contribution in [3.05, 3.63) is 29.8 Å². The van der Waals surface area contributed by atoms with Crippen LogP contribution in [0.25, 0.3) is 0 Å². The first kappa shape index (κ1) is 16.9. The van der Waals surface area contributed by atoms with Crippen LogP contribution in [0.2, 0.25) is 0 Å². The largest absolute Gasteiger partial charge is 0.434 e. The topological polar surface area (TPSA) is 30.5 Å². The summed E-state index contributed by atoms with van der Waals surface area (Å²) >= 11 is 0. The van der Waals surface area contributed by atoms with E-state index >= 15 is 0 Å². The van der Waals surface area contributed by atoms with Gasteiger partial charge in [-0.1, -0.05) is 32.0 Å². The number of alkyl halides is 2. The lowest BCUT2D eigenvalue weighted by Crippen LogP contribution is -2.37. The van der Waals surface area contributed by atoms with Gasteiger partial charge in [-0.2, -0.15) is 8.78 Å². The maximum Gasteiger partial charge on any atom is 0.387 e. The molecule has 0 amide bonds. The van der Waals surface area contributed by atoms with E-state index in [2.05, 4.69) is 23.9 Å². The van der Waals surface area contributed by atoms with Gasteiger partial charge >= 0.3 is 6.61 Å². The summed E-state index contributed by atoms with van der Waals surface area (Å²) in [6.45, 7) is 5.07. The van der Waals surface area contributed by atoms with E-state index in [1.807, 2.05) is 13.0 Å². The highest BCUT2D eigenvalue weighted by molar-refractivity contribution is 5.33. The van der Waals surface area contributed by atoms with E-state index in [0.29, 0.717) is 25.7 Å². The van der Waals surface area contributed by atoms with Gasteiger partial charge in [-0.25, -0.2) is 0 Å². The van der Waals surface area contributed by atoms with Gasteiger partial charge in [0.25, 0.3) is 0 Å². The van der Waals surface area contributed by atoms with E-state index in [-0.39, 0.29) is 11.8 Å². The third kappa shape index (κ3) is 5.84. The lowest BCUT2D eigenvalue weighted by atomic mass is 10.0. The normalized spacial score (nSPS) is 12.9. The lowest BCUT2D eigenvalue weighted by Gasteiger charge is -2.23. The molecule has 0 aliphatic heterocycles. The highest BCUT2D eigenvalue weighted by Gasteiger charge is 2.14. The summed E-state index contributed by atoms with van der Waals surface area (Å²) in [5.74, 6) is 0.610. The minimum atomic E-state index is -2.81. The monoisotopic (exact) mass is 287 g/mol. The Morgan fingerprint density at radius 2 is 1.90 bits per heavy atom. The Morgan fingerprint density at radius 1 is 1.20 bits per heavy atom. The third-order valence-electron chi connectivity index (χ3n) is 3.05. The molecule has 0 aliphatic carbocycles. The van der Waals surface area contributed by atoms with Crippen LogP contribution in [0.5, 0.6) is 5.75 Å². The molecule has 0 aromatic heterocycles. The number of halogens is 2. The standard InChI is InChI=1S/C15H23F2NO2/c1-4-19-10-13(11(2)3)18-9-12-7-5-6-8-14(12)20-15(16)17/h5-8,11,13,15,18H,4,9-10H2,1-3H3. The molecule has 0 spiro atoms. The zero-order valence-electron chi connectivity index (χ0n) is 12.2. The quantitative estimate of drug-likeness (QED) is 0.754. The molecule has 1 N–H and O–H groups in total. The molecular formula is C15H23F2NO2. The fourth-order valence-corrected chi connectivity index (χ4v) is 1.83. The molecule has 0 saturated heterocycles. The highest BCUT2D eigenvalue weighted by atomic mass is 19.3. The molecule has 114 valence electrons. The Hall–Kier alpha value is -1.20. The number of nitrogens with one attached hydrogen (secondary N) is 1. The van der Waals surface area contributed by atoms with Gasteiger partial charge in [0.1, 0.15) is 5.75 Å². The van der Waals surface area contributed by atoms with Gasteiger partial charge in [-0.15, -0.1) is 0 Å². The van der Waals surface area contributed by atoms with Gasteiger partial charge < -0.3 is 14.8 Å². The lowest BCUT2D eigenvalue weighted by molar-refractivity contribution is -0.0505. The van der Waals surface area contributed by atoms with Crippen LogP contribution < -0.4 is 10.1 Å². The van der Waals surface area contributed by atoms with Crippen molar-refractivity contribution in [1.82, 2.24) is 5.32 Å². The van der Waals surface area contributed by atoms with E-state index in [9.17, 15) is 8.78 Å². The summed E-state index contributed by atoms with van der Waals surface area (Å²) in [6, 6.07) is 7.00. The van der Waals surface area contributed by atoms with E-state index in [1.54, 1.807) is 18.2 Å². The predicted molar refractivity (Wildman–Crippen MR) is 75.0 cm³/mol. The molecule has 0 saturated carbocycles. The summed E-state index contributed by atoms with van der Waals surface area (Å²) in [6.07, 6.45) is 0. The fourth-order valence-electron chi connectivity index (χ4n) is 1.83. The van der Waals surface area contributed by atoms with E-state index in [1.165, 1.54) is 0 Å². The average molecular weight is 287 g/mol. The molecule has 0 heterocycles. The van der Waals surface area contributed by atoms with Gasteiger partial charge in [0.15, 0.2) is 0 Å². The van der Waals surface area contributed by atoms with Gasteiger partial charge in [0.2, 0.25) is 0 Å². The zero-order chi connectivity index (χ0) is 15.0. The second-order valence-electron chi connectivity index (χ2n) is 4.88. The van der Waals surface area contributed by atoms with E-state index in [0.717, 1.165) is 5.56 Å². The summed E-state index contributed by atoms with van der Waals surface area (Å²) in [5, 5.41) is 3.33. The minimum absolute atomic E-state index is 0.176. The van der Waals surface area contributed by atoms with Crippen LogP contribution in [-0.2, 0) is 11.3 Å². The van der Waals surface area contributed by atoms with Gasteiger partial charge in [0, 0.05) is 24.8 Å². The molecule has 20 heavy (non-hydrogen) atoms. The van der Waals surface area contributed by atoms with E-state index in [4.69, 9.17) is 4.74 Å². The molecule has 1 rings (SSSR count). The van der Waals surface area contributed by atoms with E-state index < -0.39 is 6.61 Å². The van der Waals surface area contributed by atoms with Crippen LogP contribution in [0.4, 0.5) is 8.78 Å². The predicted octanol–water partition coefficient (Wildman–Crippen LogP) is 3.44. The van der Waals surface area contributed by atoms with Crippen LogP contribution in [0.15, 0.2) is 24.3 Å². The van der Waals surface area contributed by atoms with Crippen molar-refractivity contribution in [2.45, 2.75) is 40.0 Å². The first-order valence-electron chi connectivity index (χ1n) is 6.88. The van der Waals surface area contributed by atoms with Crippen molar-refractivity contribution in [3.63, 3.8) is 0 Å². The highest BCUT2D eigenvalue weighted by Crippen LogP contribution is 2.20. The second-order valence-corrected chi connectivity index (χ2v) is 4.88. The van der Waals surface area contributed by atoms with Crippen molar-refractivity contribution < 1.29 is 18.3 Å². The van der Waals surface area contributed by atoms with Gasteiger partial charge in [-0.3, -0.25) is 0 Å². The molecule has 1 aromatic carbocycles. The Kier molecular flexibility index (Phi) is 7.47. The smallest absolute Gasteiger partial charge is 0.387 e. The minimum Gasteiger partial charge on any atom is -0.434 e. The van der Waals surface area contributed by atoms with Crippen LogP contribution >= 0.6 is 0 Å². The molecule has 0 radical (unpaired) electrons. The molecule has 3 nitrogen and oxygen atoms in total. The van der Waals surface area contributed by atoms with Gasteiger partial charge in [-0.05, 0) is 18.9 Å². The van der Waals surface area contributed by atoms with Crippen LogP contribution in [0.3, 0.4) is 0 Å². The van der Waals surface area contributed by atoms with Crippen LogP contribution in [-0.4, -0.2) is 25.9 Å². The zero-order valence-corrected chi connectivity index (χ0v) is 12.2. The number of hydrogen-bond acceptors (Lipinski definition) is 3. The Labute approximate surface area is 119 Å². The third-order valence-corrected chi connectivity index (χ3v) is 3.05. The molecule has 0 aliphatic rings. The molecule has 1 atom stereocenters. The summed E-state index contributed by atoms with van der Waals surface area (Å²) in [5.41, 5.74) is 0.718. The summed E-state index contributed by atoms with van der Waals surface area (Å²) in [4.78, 5) is 0. The van der Waals surface area contributed by atoms with Crippen molar-refractivity contribution in [2.75, 3.05) is 13.2 Å². The fraction of sp³-hybridized carbons (Fsp3) is 0.600. The SMILES string of the molecule is CCOCC(NCc1ccccc1OC(F)F)C(C)C. The Balaban J connectivity index is 2.62. The maximum atomic E-state index is 12.3. The summed E-state index contributed by atoms with van der Waals surface area (Å²) < 4.78 is 34.6. The number of benzene rings is 1. The van der Waals surface area contributed by atoms with Gasteiger partial charge in [0.05, 0.1) is 6.61 Å².